The maximum absolute atomic E-state index is 13.5. The number of hydrogen-bond acceptors (Lipinski definition) is 5. The van der Waals surface area contributed by atoms with Crippen LogP contribution in [0.4, 0.5) is 13.2 Å². The summed E-state index contributed by atoms with van der Waals surface area (Å²) in [5, 5.41) is 2.74. The second kappa shape index (κ2) is 11.5. The molecule has 1 aromatic carbocycles. The molecule has 0 radical (unpaired) electrons. The summed E-state index contributed by atoms with van der Waals surface area (Å²) in [5.74, 6) is -1.10. The highest BCUT2D eigenvalue weighted by Crippen LogP contribution is 2.32. The fourth-order valence-corrected chi connectivity index (χ4v) is 7.40. The van der Waals surface area contributed by atoms with E-state index in [1.807, 2.05) is 18.2 Å². The summed E-state index contributed by atoms with van der Waals surface area (Å²) in [6, 6.07) is 9.45. The number of carbonyl (C=O) groups excluding carboxylic acids is 2. The summed E-state index contributed by atoms with van der Waals surface area (Å²) in [6.07, 6.45) is -0.543. The van der Waals surface area contributed by atoms with Crippen LogP contribution in [0.2, 0.25) is 0 Å². The van der Waals surface area contributed by atoms with E-state index >= 15 is 0 Å². The summed E-state index contributed by atoms with van der Waals surface area (Å²) >= 11 is 0. The molecule has 2 amide bonds. The van der Waals surface area contributed by atoms with Gasteiger partial charge in [0, 0.05) is 57.1 Å². The predicted octanol–water partition coefficient (Wildman–Crippen LogP) is 2.76. The van der Waals surface area contributed by atoms with Crippen molar-refractivity contribution in [2.24, 2.45) is 5.92 Å². The second-order valence-corrected chi connectivity index (χ2v) is 12.5. The maximum Gasteiger partial charge on any atom is 0.416 e. The zero-order chi connectivity index (χ0) is 28.5. The van der Waals surface area contributed by atoms with E-state index in [0.29, 0.717) is 57.4 Å². The first-order valence-electron chi connectivity index (χ1n) is 13.4. The predicted molar refractivity (Wildman–Crippen MR) is 140 cm³/mol. The molecule has 1 aromatic heterocycles. The number of amides is 2. The van der Waals surface area contributed by atoms with Gasteiger partial charge in [0.05, 0.1) is 11.5 Å². The third-order valence-corrected chi connectivity index (χ3v) is 9.86. The zero-order valence-electron chi connectivity index (χ0n) is 21.9. The first-order chi connectivity index (χ1) is 19.0. The van der Waals surface area contributed by atoms with E-state index in [0.717, 1.165) is 17.8 Å². The van der Waals surface area contributed by atoms with Gasteiger partial charge in [0.2, 0.25) is 11.8 Å². The van der Waals surface area contributed by atoms with E-state index in [-0.39, 0.29) is 30.8 Å². The third-order valence-electron chi connectivity index (χ3n) is 7.93. The minimum atomic E-state index is -4.43. The minimum absolute atomic E-state index is 0.0419. The monoisotopic (exact) mass is 579 g/mol. The minimum Gasteiger partial charge on any atom is -0.350 e. The summed E-state index contributed by atoms with van der Waals surface area (Å²) in [6.45, 7) is 1.55. The van der Waals surface area contributed by atoms with Crippen molar-refractivity contribution in [1.82, 2.24) is 23.8 Å². The average Bonchev–Trinajstić information content (AvgIpc) is 3.41. The summed E-state index contributed by atoms with van der Waals surface area (Å²) in [7, 11) is -3.72. The lowest BCUT2D eigenvalue weighted by Gasteiger charge is -2.42. The molecule has 3 fully saturated rings. The van der Waals surface area contributed by atoms with Crippen molar-refractivity contribution < 1.29 is 31.2 Å². The molecule has 9 nitrogen and oxygen atoms in total. The quantitative estimate of drug-likeness (QED) is 0.544. The number of pyridine rings is 1. The number of nitrogens with one attached hydrogen (secondary N) is 1. The summed E-state index contributed by atoms with van der Waals surface area (Å²) in [5.41, 5.74) is 0.611. The number of likely N-dealkylation sites (tertiary alicyclic amines) is 1. The van der Waals surface area contributed by atoms with Crippen LogP contribution in [-0.4, -0.2) is 77.5 Å². The Kier molecular flexibility index (Phi) is 8.16. The Morgan fingerprint density at radius 1 is 0.950 bits per heavy atom. The highest BCUT2D eigenvalue weighted by atomic mass is 32.2. The Labute approximate surface area is 231 Å². The fourth-order valence-electron chi connectivity index (χ4n) is 5.60. The molecule has 0 bridgehead atoms. The summed E-state index contributed by atoms with van der Waals surface area (Å²) in [4.78, 5) is 32.3. The van der Waals surface area contributed by atoms with Gasteiger partial charge in [-0.1, -0.05) is 18.2 Å². The normalized spacial score (nSPS) is 23.1. The molecule has 0 aliphatic carbocycles. The van der Waals surface area contributed by atoms with E-state index in [9.17, 15) is 31.2 Å². The Balaban J connectivity index is 1.16. The molecule has 2 atom stereocenters. The summed E-state index contributed by atoms with van der Waals surface area (Å²) < 4.78 is 67.7. The van der Waals surface area contributed by atoms with E-state index in [1.54, 1.807) is 6.20 Å². The van der Waals surface area contributed by atoms with Crippen molar-refractivity contribution >= 4 is 22.0 Å². The van der Waals surface area contributed by atoms with Gasteiger partial charge < -0.3 is 10.2 Å². The number of hydrogen-bond donors (Lipinski definition) is 1. The molecule has 3 aliphatic rings. The molecular weight excluding hydrogens is 547 g/mol. The number of halogens is 3. The van der Waals surface area contributed by atoms with Gasteiger partial charge in [-0.25, -0.2) is 0 Å². The highest BCUT2D eigenvalue weighted by Gasteiger charge is 2.44. The van der Waals surface area contributed by atoms with E-state index in [2.05, 4.69) is 10.3 Å². The lowest BCUT2D eigenvalue weighted by molar-refractivity contribution is -0.142. The molecule has 13 heteroatoms. The molecule has 1 N–H and O–H groups in total. The van der Waals surface area contributed by atoms with Crippen LogP contribution in [0.25, 0.3) is 0 Å². The van der Waals surface area contributed by atoms with Crippen LogP contribution in [-0.2, 0) is 32.5 Å². The standard InChI is InChI=1S/C27H32F3N5O4S/c28-27(29,30)22-10-8-19(9-11-22)15-32-25(36)24-7-4-14-35(24)26(37)20-5-3-13-33(16-20)40(38,39)34-17-21(18-34)23-6-1-2-12-31-23/h1-2,6,8-12,20-21,24H,3-5,7,13-18H2,(H,32,36)/t20-,24+/m0/s1. The van der Waals surface area contributed by atoms with Crippen LogP contribution in [0.1, 0.15) is 48.4 Å². The zero-order valence-corrected chi connectivity index (χ0v) is 22.7. The van der Waals surface area contributed by atoms with Crippen molar-refractivity contribution in [2.45, 2.75) is 50.4 Å². The van der Waals surface area contributed by atoms with Gasteiger partial charge in [0.1, 0.15) is 6.04 Å². The van der Waals surface area contributed by atoms with Gasteiger partial charge in [-0.05, 0) is 55.5 Å². The number of benzene rings is 1. The van der Waals surface area contributed by atoms with Gasteiger partial charge >= 0.3 is 6.18 Å². The van der Waals surface area contributed by atoms with Crippen LogP contribution in [0.3, 0.4) is 0 Å². The van der Waals surface area contributed by atoms with E-state index in [1.165, 1.54) is 25.6 Å². The van der Waals surface area contributed by atoms with E-state index in [4.69, 9.17) is 0 Å². The van der Waals surface area contributed by atoms with Crippen molar-refractivity contribution in [3.63, 3.8) is 0 Å². The third kappa shape index (κ3) is 6.01. The van der Waals surface area contributed by atoms with Crippen LogP contribution in [0.5, 0.6) is 0 Å². The molecule has 216 valence electrons. The SMILES string of the molecule is O=C(NCc1ccc(C(F)(F)F)cc1)[C@H]1CCCN1C(=O)[C@H]1CCCN(S(=O)(=O)N2CC(c3ccccn3)C2)C1. The maximum atomic E-state index is 13.5. The van der Waals surface area contributed by atoms with Crippen molar-refractivity contribution in [3.8, 4) is 0 Å². The smallest absolute Gasteiger partial charge is 0.350 e. The largest absolute Gasteiger partial charge is 0.416 e. The molecule has 0 unspecified atom stereocenters. The van der Waals surface area contributed by atoms with E-state index < -0.39 is 33.9 Å². The Hall–Kier alpha value is -3.03. The van der Waals surface area contributed by atoms with Crippen LogP contribution >= 0.6 is 0 Å². The van der Waals surface area contributed by atoms with Gasteiger partial charge in [-0.2, -0.15) is 30.2 Å². The number of piperidine rings is 1. The number of carbonyl (C=O) groups is 2. The fraction of sp³-hybridized carbons (Fsp3) is 0.519. The van der Waals surface area contributed by atoms with Crippen LogP contribution in [0, 0.1) is 5.92 Å². The van der Waals surface area contributed by atoms with Gasteiger partial charge in [0.15, 0.2) is 0 Å². The molecule has 5 rings (SSSR count). The topological polar surface area (TPSA) is 103 Å². The molecule has 3 aliphatic heterocycles. The number of alkyl halides is 3. The molecule has 0 spiro atoms. The van der Waals surface area contributed by atoms with Crippen molar-refractivity contribution in [1.29, 1.82) is 0 Å². The second-order valence-electron chi connectivity index (χ2n) is 10.6. The molecule has 40 heavy (non-hydrogen) atoms. The Bertz CT molecular complexity index is 1320. The molecule has 0 saturated carbocycles. The Morgan fingerprint density at radius 2 is 1.68 bits per heavy atom. The molecule has 4 heterocycles. The average molecular weight is 580 g/mol. The highest BCUT2D eigenvalue weighted by molar-refractivity contribution is 7.86. The van der Waals surface area contributed by atoms with Gasteiger partial charge in [-0.15, -0.1) is 0 Å². The van der Waals surface area contributed by atoms with Crippen LogP contribution in [0.15, 0.2) is 48.7 Å². The van der Waals surface area contributed by atoms with Gasteiger partial charge in [-0.3, -0.25) is 14.6 Å². The molecule has 2 aromatic rings. The number of aromatic nitrogens is 1. The Morgan fingerprint density at radius 3 is 2.35 bits per heavy atom. The van der Waals surface area contributed by atoms with Gasteiger partial charge in [0.25, 0.3) is 10.2 Å². The lowest BCUT2D eigenvalue weighted by Crippen LogP contribution is -2.57. The van der Waals surface area contributed by atoms with Crippen LogP contribution < -0.4 is 5.32 Å². The first kappa shape index (κ1) is 28.5. The van der Waals surface area contributed by atoms with Crippen molar-refractivity contribution in [3.05, 3.63) is 65.5 Å². The number of rotatable bonds is 7. The molecular formula is C27H32F3N5O4S. The first-order valence-corrected chi connectivity index (χ1v) is 14.8. The number of nitrogens with zero attached hydrogens (tertiary/aromatic N) is 4. The lowest BCUT2D eigenvalue weighted by atomic mass is 9.97. The van der Waals surface area contributed by atoms with Crippen molar-refractivity contribution in [2.75, 3.05) is 32.7 Å². The molecule has 3 saturated heterocycles.